The van der Waals surface area contributed by atoms with Gasteiger partial charge >= 0.3 is 0 Å². The Morgan fingerprint density at radius 3 is 2.66 bits per heavy atom. The van der Waals surface area contributed by atoms with Crippen molar-refractivity contribution in [2.24, 2.45) is 5.92 Å². The molecule has 2 aromatic rings. The Balaban J connectivity index is 1.62. The topological polar surface area (TPSA) is 92.6 Å². The minimum atomic E-state index is -3.52. The molecule has 3 rings (SSSR count). The molecule has 0 bridgehead atoms. The first kappa shape index (κ1) is 21.4. The number of nitro groups is 1. The molecule has 29 heavy (non-hydrogen) atoms. The molecule has 156 valence electrons. The van der Waals surface area contributed by atoms with Gasteiger partial charge in [0.2, 0.25) is 10.0 Å². The van der Waals surface area contributed by atoms with Gasteiger partial charge in [-0.2, -0.15) is 0 Å². The van der Waals surface area contributed by atoms with Crippen LogP contribution in [0.25, 0.3) is 0 Å². The van der Waals surface area contributed by atoms with Crippen molar-refractivity contribution in [1.29, 1.82) is 0 Å². The van der Waals surface area contributed by atoms with Gasteiger partial charge in [0.05, 0.1) is 9.82 Å². The molecule has 0 aliphatic carbocycles. The maximum absolute atomic E-state index is 12.5. The van der Waals surface area contributed by atoms with Gasteiger partial charge in [-0.25, -0.2) is 13.1 Å². The average molecular weight is 418 g/mol. The van der Waals surface area contributed by atoms with Gasteiger partial charge in [0.15, 0.2) is 0 Å². The molecule has 1 fully saturated rings. The number of rotatable bonds is 7. The predicted octanol–water partition coefficient (Wildman–Crippen LogP) is 3.65. The Hall–Kier alpha value is -2.29. The lowest BCUT2D eigenvalue weighted by Gasteiger charge is -2.37. The summed E-state index contributed by atoms with van der Waals surface area (Å²) in [5, 5.41) is 11.0. The Morgan fingerprint density at radius 1 is 1.24 bits per heavy atom. The van der Waals surface area contributed by atoms with Gasteiger partial charge in [-0.1, -0.05) is 29.8 Å². The van der Waals surface area contributed by atoms with Crippen molar-refractivity contribution in [3.8, 4) is 0 Å². The third-order valence-electron chi connectivity index (χ3n) is 5.55. The van der Waals surface area contributed by atoms with Gasteiger partial charge in [0.25, 0.3) is 5.69 Å². The number of hydrogen-bond donors (Lipinski definition) is 1. The summed E-state index contributed by atoms with van der Waals surface area (Å²) in [6.45, 7) is 5.99. The molecule has 0 spiro atoms. The Labute approximate surface area is 171 Å². The number of nitrogens with zero attached hydrogens (tertiary/aromatic N) is 2. The summed E-state index contributed by atoms with van der Waals surface area (Å²) in [6, 6.07) is 13.6. The molecule has 7 nitrogen and oxygen atoms in total. The van der Waals surface area contributed by atoms with Crippen LogP contribution in [0, 0.1) is 23.0 Å². The smallest absolute Gasteiger partial charge is 0.269 e. The van der Waals surface area contributed by atoms with Crippen LogP contribution in [-0.2, 0) is 10.0 Å². The molecule has 0 amide bonds. The lowest BCUT2D eigenvalue weighted by atomic mass is 9.95. The molecule has 1 heterocycles. The van der Waals surface area contributed by atoms with E-state index in [9.17, 15) is 18.5 Å². The van der Waals surface area contributed by atoms with Gasteiger partial charge in [0.1, 0.15) is 0 Å². The number of nitro benzene ring substituents is 1. The summed E-state index contributed by atoms with van der Waals surface area (Å²) in [6.07, 6.45) is 1.92. The van der Waals surface area contributed by atoms with Crippen LogP contribution in [0.3, 0.4) is 0 Å². The van der Waals surface area contributed by atoms with E-state index in [4.69, 9.17) is 0 Å². The van der Waals surface area contributed by atoms with Gasteiger partial charge < -0.3 is 0 Å². The molecule has 0 aromatic heterocycles. The maximum atomic E-state index is 12.5. The molecular weight excluding hydrogens is 390 g/mol. The monoisotopic (exact) mass is 417 g/mol. The van der Waals surface area contributed by atoms with E-state index in [1.54, 1.807) is 36.4 Å². The first-order valence-electron chi connectivity index (χ1n) is 9.81. The van der Waals surface area contributed by atoms with Gasteiger partial charge in [-0.05, 0) is 56.8 Å². The van der Waals surface area contributed by atoms with Crippen molar-refractivity contribution >= 4 is 15.7 Å². The standard InChI is InChI=1S/C21H27N3O4S/c1-16-8-10-21(11-9-16)29(27,28)22-14-18-5-4-12-23(15-18)17(2)19-6-3-7-20(13-19)24(25)26/h3,6-11,13,17-18,22H,4-5,12,14-15H2,1-2H3. The second-order valence-corrected chi connectivity index (χ2v) is 9.46. The van der Waals surface area contributed by atoms with Crippen LogP contribution >= 0.6 is 0 Å². The number of benzene rings is 2. The summed E-state index contributed by atoms with van der Waals surface area (Å²) in [5.41, 5.74) is 2.01. The Kier molecular flexibility index (Phi) is 6.66. The van der Waals surface area contributed by atoms with E-state index in [1.165, 1.54) is 6.07 Å². The van der Waals surface area contributed by atoms with E-state index in [0.29, 0.717) is 6.54 Å². The lowest BCUT2D eigenvalue weighted by Crippen LogP contribution is -2.41. The molecule has 0 saturated carbocycles. The van der Waals surface area contributed by atoms with Crippen LogP contribution in [0.15, 0.2) is 53.4 Å². The fraction of sp³-hybridized carbons (Fsp3) is 0.429. The predicted molar refractivity (Wildman–Crippen MR) is 112 cm³/mol. The van der Waals surface area contributed by atoms with Crippen molar-refractivity contribution in [3.63, 3.8) is 0 Å². The fourth-order valence-electron chi connectivity index (χ4n) is 3.75. The zero-order valence-electron chi connectivity index (χ0n) is 16.7. The van der Waals surface area contributed by atoms with Crippen LogP contribution in [0.1, 0.15) is 36.9 Å². The zero-order valence-corrected chi connectivity index (χ0v) is 17.6. The van der Waals surface area contributed by atoms with E-state index in [-0.39, 0.29) is 27.5 Å². The van der Waals surface area contributed by atoms with Crippen LogP contribution in [0.2, 0.25) is 0 Å². The normalized spacial score (nSPS) is 19.0. The number of hydrogen-bond acceptors (Lipinski definition) is 5. The first-order valence-corrected chi connectivity index (χ1v) is 11.3. The molecular formula is C21H27N3O4S. The first-order chi connectivity index (χ1) is 13.8. The summed E-state index contributed by atoms with van der Waals surface area (Å²) >= 11 is 0. The highest BCUT2D eigenvalue weighted by molar-refractivity contribution is 7.89. The highest BCUT2D eigenvalue weighted by atomic mass is 32.2. The summed E-state index contributed by atoms with van der Waals surface area (Å²) < 4.78 is 27.8. The average Bonchev–Trinajstić information content (AvgIpc) is 2.72. The number of non-ortho nitro benzene ring substituents is 1. The third-order valence-corrected chi connectivity index (χ3v) is 6.99. The number of likely N-dealkylation sites (tertiary alicyclic amines) is 1. The quantitative estimate of drug-likeness (QED) is 0.548. The molecule has 2 unspecified atom stereocenters. The largest absolute Gasteiger partial charge is 0.296 e. The molecule has 8 heteroatoms. The highest BCUT2D eigenvalue weighted by Crippen LogP contribution is 2.28. The Bertz CT molecular complexity index is 960. The zero-order chi connectivity index (χ0) is 21.0. The van der Waals surface area contributed by atoms with Crippen LogP contribution < -0.4 is 4.72 Å². The van der Waals surface area contributed by atoms with Gasteiger partial charge in [-0.3, -0.25) is 15.0 Å². The van der Waals surface area contributed by atoms with Crippen molar-refractivity contribution in [2.75, 3.05) is 19.6 Å². The molecule has 2 aromatic carbocycles. The summed E-state index contributed by atoms with van der Waals surface area (Å²) in [7, 11) is -3.52. The number of sulfonamides is 1. The van der Waals surface area contributed by atoms with Crippen LogP contribution in [-0.4, -0.2) is 37.9 Å². The maximum Gasteiger partial charge on any atom is 0.269 e. The van der Waals surface area contributed by atoms with E-state index in [2.05, 4.69) is 9.62 Å². The summed E-state index contributed by atoms with van der Waals surface area (Å²) in [4.78, 5) is 13.2. The van der Waals surface area contributed by atoms with Gasteiger partial charge in [-0.15, -0.1) is 0 Å². The Morgan fingerprint density at radius 2 is 1.97 bits per heavy atom. The minimum absolute atomic E-state index is 0.0337. The van der Waals surface area contributed by atoms with Crippen molar-refractivity contribution in [1.82, 2.24) is 9.62 Å². The van der Waals surface area contributed by atoms with E-state index in [0.717, 1.165) is 37.1 Å². The van der Waals surface area contributed by atoms with Crippen molar-refractivity contribution < 1.29 is 13.3 Å². The number of aryl methyl sites for hydroxylation is 1. The number of nitrogens with one attached hydrogen (secondary N) is 1. The van der Waals surface area contributed by atoms with Gasteiger partial charge in [0, 0.05) is 31.3 Å². The van der Waals surface area contributed by atoms with Crippen molar-refractivity contribution in [3.05, 3.63) is 69.8 Å². The molecule has 1 saturated heterocycles. The SMILES string of the molecule is Cc1ccc(S(=O)(=O)NCC2CCCN(C(C)c3cccc([N+](=O)[O-])c3)C2)cc1. The summed E-state index contributed by atoms with van der Waals surface area (Å²) in [5.74, 6) is 0.199. The fourth-order valence-corrected chi connectivity index (χ4v) is 4.87. The molecule has 1 aliphatic heterocycles. The second-order valence-electron chi connectivity index (χ2n) is 7.70. The van der Waals surface area contributed by atoms with Crippen LogP contribution in [0.4, 0.5) is 5.69 Å². The number of piperidine rings is 1. The van der Waals surface area contributed by atoms with Crippen molar-refractivity contribution in [2.45, 2.75) is 37.6 Å². The highest BCUT2D eigenvalue weighted by Gasteiger charge is 2.26. The molecule has 2 atom stereocenters. The van der Waals surface area contributed by atoms with Crippen LogP contribution in [0.5, 0.6) is 0 Å². The second kappa shape index (κ2) is 9.02. The van der Waals surface area contributed by atoms with E-state index < -0.39 is 10.0 Å². The third kappa shape index (κ3) is 5.41. The van der Waals surface area contributed by atoms with E-state index >= 15 is 0 Å². The van der Waals surface area contributed by atoms with E-state index in [1.807, 2.05) is 19.9 Å². The molecule has 0 radical (unpaired) electrons. The molecule has 1 aliphatic rings. The lowest BCUT2D eigenvalue weighted by molar-refractivity contribution is -0.385. The minimum Gasteiger partial charge on any atom is -0.296 e. The molecule has 1 N–H and O–H groups in total.